The Labute approximate surface area is 182 Å². The van der Waals surface area contributed by atoms with Gasteiger partial charge in [0, 0.05) is 23.5 Å². The summed E-state index contributed by atoms with van der Waals surface area (Å²) in [6.07, 6.45) is 13.7. The van der Waals surface area contributed by atoms with Crippen LogP contribution in [0, 0.1) is 0 Å². The smallest absolute Gasteiger partial charge is 0.262 e. The summed E-state index contributed by atoms with van der Waals surface area (Å²) in [4.78, 5) is 20.2. The lowest BCUT2D eigenvalue weighted by Crippen LogP contribution is -2.42. The molecule has 0 aliphatic heterocycles. The maximum Gasteiger partial charge on any atom is 0.262 e. The zero-order valence-corrected chi connectivity index (χ0v) is 18.4. The Morgan fingerprint density at radius 2 is 1.90 bits per heavy atom. The molecular weight excluding hydrogens is 390 g/mol. The van der Waals surface area contributed by atoms with Crippen LogP contribution in [0.25, 0.3) is 10.2 Å². The highest BCUT2D eigenvalue weighted by Gasteiger charge is 2.27. The Kier molecular flexibility index (Phi) is 6.00. The number of rotatable bonds is 6. The van der Waals surface area contributed by atoms with E-state index in [2.05, 4.69) is 34.6 Å². The first-order valence-electron chi connectivity index (χ1n) is 11.6. The molecule has 3 aromatic rings. The molecular formula is C25H31N3OS. The molecule has 4 nitrogen and oxygen atoms in total. The summed E-state index contributed by atoms with van der Waals surface area (Å²) in [5.74, 6) is 0. The average molecular weight is 422 g/mol. The largest absolute Gasteiger partial charge is 0.311 e. The summed E-state index contributed by atoms with van der Waals surface area (Å²) in [7, 11) is 0. The molecule has 2 aromatic heterocycles. The minimum Gasteiger partial charge on any atom is -0.311 e. The second-order valence-corrected chi connectivity index (χ2v) is 10.0. The van der Waals surface area contributed by atoms with Gasteiger partial charge in [0.2, 0.25) is 0 Å². The van der Waals surface area contributed by atoms with Crippen LogP contribution >= 0.6 is 11.3 Å². The Morgan fingerprint density at radius 1 is 1.07 bits per heavy atom. The molecule has 2 aliphatic carbocycles. The van der Waals surface area contributed by atoms with E-state index >= 15 is 0 Å². The monoisotopic (exact) mass is 421 g/mol. The van der Waals surface area contributed by atoms with Gasteiger partial charge in [-0.1, -0.05) is 49.6 Å². The average Bonchev–Trinajstić information content (AvgIpc) is 3.15. The van der Waals surface area contributed by atoms with E-state index < -0.39 is 0 Å². The number of thiophene rings is 1. The standard InChI is InChI=1S/C25H31N3OS/c29-25-23-21-14-13-20(27-19-11-5-2-6-12-19)16-22(21)30-24(23)26-17-28(25)15-7-10-18-8-3-1-4-9-18/h1,3-4,8-9,17,19-20,27H,2,5-7,10-16H2. The fourth-order valence-corrected chi connectivity index (χ4v) is 6.46. The van der Waals surface area contributed by atoms with Crippen LogP contribution in [0.1, 0.15) is 60.9 Å². The Hall–Kier alpha value is -1.98. The molecule has 0 saturated heterocycles. The number of nitrogens with one attached hydrogen (secondary N) is 1. The van der Waals surface area contributed by atoms with Crippen molar-refractivity contribution in [2.75, 3.05) is 0 Å². The van der Waals surface area contributed by atoms with Gasteiger partial charge in [-0.3, -0.25) is 9.36 Å². The van der Waals surface area contributed by atoms with Crippen LogP contribution in [0.4, 0.5) is 0 Å². The lowest BCUT2D eigenvalue weighted by Gasteiger charge is -2.30. The molecule has 0 spiro atoms. The SMILES string of the molecule is O=c1c2c3c(sc2ncn1CCCc1ccccc1)CC(NC1CCCCC1)CC3. The van der Waals surface area contributed by atoms with E-state index in [4.69, 9.17) is 0 Å². The summed E-state index contributed by atoms with van der Waals surface area (Å²) in [5.41, 5.74) is 2.76. The summed E-state index contributed by atoms with van der Waals surface area (Å²) in [5, 5.41) is 4.81. The van der Waals surface area contributed by atoms with Gasteiger partial charge in [0.1, 0.15) is 4.83 Å². The van der Waals surface area contributed by atoms with Crippen molar-refractivity contribution in [3.05, 3.63) is 63.0 Å². The minimum absolute atomic E-state index is 0.157. The third-order valence-corrected chi connectivity index (χ3v) is 7.98. The zero-order valence-electron chi connectivity index (χ0n) is 17.6. The van der Waals surface area contributed by atoms with E-state index in [9.17, 15) is 4.79 Å². The molecule has 5 heteroatoms. The van der Waals surface area contributed by atoms with Gasteiger partial charge in [-0.2, -0.15) is 0 Å². The molecule has 1 saturated carbocycles. The number of benzene rings is 1. The maximum atomic E-state index is 13.2. The van der Waals surface area contributed by atoms with E-state index in [1.165, 1.54) is 48.1 Å². The van der Waals surface area contributed by atoms with Gasteiger partial charge in [-0.15, -0.1) is 11.3 Å². The number of fused-ring (bicyclic) bond motifs is 3. The first-order chi connectivity index (χ1) is 14.8. The van der Waals surface area contributed by atoms with E-state index in [0.29, 0.717) is 12.1 Å². The van der Waals surface area contributed by atoms with Crippen molar-refractivity contribution in [3.63, 3.8) is 0 Å². The molecule has 0 bridgehead atoms. The van der Waals surface area contributed by atoms with Crippen LogP contribution in [0.5, 0.6) is 0 Å². The van der Waals surface area contributed by atoms with Crippen LogP contribution < -0.4 is 10.9 Å². The molecule has 0 radical (unpaired) electrons. The molecule has 1 atom stereocenters. The summed E-state index contributed by atoms with van der Waals surface area (Å²) in [6.45, 7) is 0.729. The first-order valence-corrected chi connectivity index (χ1v) is 12.4. The van der Waals surface area contributed by atoms with E-state index in [1.54, 1.807) is 17.7 Å². The molecule has 1 aromatic carbocycles. The van der Waals surface area contributed by atoms with Crippen LogP contribution in [0.3, 0.4) is 0 Å². The number of aryl methyl sites for hydroxylation is 3. The predicted octanol–water partition coefficient (Wildman–Crippen LogP) is 4.87. The molecule has 1 unspecified atom stereocenters. The highest BCUT2D eigenvalue weighted by molar-refractivity contribution is 7.18. The normalized spacial score (nSPS) is 19.8. The van der Waals surface area contributed by atoms with Crippen LogP contribution in [0.2, 0.25) is 0 Å². The van der Waals surface area contributed by atoms with Crippen molar-refractivity contribution in [2.45, 2.75) is 82.8 Å². The van der Waals surface area contributed by atoms with E-state index in [1.807, 2.05) is 10.6 Å². The van der Waals surface area contributed by atoms with Gasteiger partial charge in [0.15, 0.2) is 0 Å². The fraction of sp³-hybridized carbons (Fsp3) is 0.520. The molecule has 2 heterocycles. The van der Waals surface area contributed by atoms with Crippen LogP contribution in [0.15, 0.2) is 41.5 Å². The highest BCUT2D eigenvalue weighted by Crippen LogP contribution is 2.34. The first kappa shape index (κ1) is 20.0. The lowest BCUT2D eigenvalue weighted by atomic mass is 9.90. The van der Waals surface area contributed by atoms with E-state index in [0.717, 1.165) is 48.9 Å². The fourth-order valence-electron chi connectivity index (χ4n) is 5.20. The quantitative estimate of drug-likeness (QED) is 0.618. The maximum absolute atomic E-state index is 13.2. The van der Waals surface area contributed by atoms with Gasteiger partial charge in [-0.05, 0) is 56.1 Å². The highest BCUT2D eigenvalue weighted by atomic mass is 32.1. The predicted molar refractivity (Wildman–Crippen MR) is 124 cm³/mol. The second-order valence-electron chi connectivity index (χ2n) is 8.96. The second kappa shape index (κ2) is 9.03. The van der Waals surface area contributed by atoms with Crippen LogP contribution in [-0.2, 0) is 25.8 Å². The molecule has 0 amide bonds. The lowest BCUT2D eigenvalue weighted by molar-refractivity contribution is 0.322. The number of hydrogen-bond acceptors (Lipinski definition) is 4. The summed E-state index contributed by atoms with van der Waals surface area (Å²) < 4.78 is 1.82. The molecule has 1 N–H and O–H groups in total. The molecule has 2 aliphatic rings. The Morgan fingerprint density at radius 3 is 2.73 bits per heavy atom. The number of nitrogens with zero attached hydrogens (tertiary/aromatic N) is 2. The Balaban J connectivity index is 1.29. The van der Waals surface area contributed by atoms with E-state index in [-0.39, 0.29) is 5.56 Å². The zero-order chi connectivity index (χ0) is 20.3. The van der Waals surface area contributed by atoms with Crippen molar-refractivity contribution in [3.8, 4) is 0 Å². The van der Waals surface area contributed by atoms with Gasteiger partial charge < -0.3 is 5.32 Å². The molecule has 5 rings (SSSR count). The van der Waals surface area contributed by atoms with Gasteiger partial charge in [-0.25, -0.2) is 4.98 Å². The minimum atomic E-state index is 0.157. The summed E-state index contributed by atoms with van der Waals surface area (Å²) in [6, 6.07) is 11.7. The summed E-state index contributed by atoms with van der Waals surface area (Å²) >= 11 is 1.74. The van der Waals surface area contributed by atoms with Crippen molar-refractivity contribution < 1.29 is 0 Å². The van der Waals surface area contributed by atoms with Gasteiger partial charge in [0.25, 0.3) is 5.56 Å². The number of aromatic nitrogens is 2. The third-order valence-electron chi connectivity index (χ3n) is 6.82. The topological polar surface area (TPSA) is 46.9 Å². The molecule has 1 fully saturated rings. The van der Waals surface area contributed by atoms with Crippen molar-refractivity contribution in [1.82, 2.24) is 14.9 Å². The molecule has 30 heavy (non-hydrogen) atoms. The third kappa shape index (κ3) is 4.23. The Bertz CT molecular complexity index is 1050. The van der Waals surface area contributed by atoms with Crippen molar-refractivity contribution >= 4 is 21.6 Å². The van der Waals surface area contributed by atoms with Gasteiger partial charge in [0.05, 0.1) is 11.7 Å². The van der Waals surface area contributed by atoms with Crippen molar-refractivity contribution in [2.24, 2.45) is 0 Å². The van der Waals surface area contributed by atoms with Gasteiger partial charge >= 0.3 is 0 Å². The van der Waals surface area contributed by atoms with Crippen molar-refractivity contribution in [1.29, 1.82) is 0 Å². The molecule has 158 valence electrons. The van der Waals surface area contributed by atoms with Crippen LogP contribution in [-0.4, -0.2) is 21.6 Å². The number of hydrogen-bond donors (Lipinski definition) is 1.